The fourth-order valence-electron chi connectivity index (χ4n) is 1.23. The molecule has 2 aromatic heterocycles. The number of imide groups is 1. The van der Waals surface area contributed by atoms with Crippen molar-refractivity contribution in [3.05, 3.63) is 48.3 Å². The number of carbonyl (C=O) groups excluding carboxylic acids is 3. The van der Waals surface area contributed by atoms with Crippen molar-refractivity contribution in [1.82, 2.24) is 5.32 Å². The van der Waals surface area contributed by atoms with Crippen molar-refractivity contribution >= 4 is 17.8 Å². The minimum atomic E-state index is -0.786. The molecule has 0 radical (unpaired) electrons. The van der Waals surface area contributed by atoms with E-state index in [0.717, 1.165) is 0 Å². The standard InChI is InChI=1S/C12H9NO6/c14-10(13-11(15)8-3-1-5-17-8)7-19-12(16)9-4-2-6-18-9/h1-6H,7H2,(H,13,14,15). The minimum Gasteiger partial charge on any atom is -0.459 e. The molecule has 0 aliphatic carbocycles. The van der Waals surface area contributed by atoms with E-state index in [1.54, 1.807) is 0 Å². The number of hydrogen-bond donors (Lipinski definition) is 1. The second-order valence-electron chi connectivity index (χ2n) is 3.41. The van der Waals surface area contributed by atoms with E-state index in [1.165, 1.54) is 36.8 Å². The molecule has 0 unspecified atom stereocenters. The highest BCUT2D eigenvalue weighted by molar-refractivity contribution is 6.03. The molecule has 19 heavy (non-hydrogen) atoms. The largest absolute Gasteiger partial charge is 0.459 e. The maximum atomic E-state index is 11.4. The molecule has 0 aliphatic rings. The summed E-state index contributed by atoms with van der Waals surface area (Å²) in [6.45, 7) is -0.591. The van der Waals surface area contributed by atoms with Gasteiger partial charge in [-0.05, 0) is 24.3 Å². The van der Waals surface area contributed by atoms with Crippen LogP contribution in [0.3, 0.4) is 0 Å². The fraction of sp³-hybridized carbons (Fsp3) is 0.0833. The van der Waals surface area contributed by atoms with Gasteiger partial charge in [0.15, 0.2) is 12.4 Å². The smallest absolute Gasteiger partial charge is 0.374 e. The molecular weight excluding hydrogens is 254 g/mol. The Labute approximate surface area is 107 Å². The van der Waals surface area contributed by atoms with E-state index < -0.39 is 24.4 Å². The average molecular weight is 263 g/mol. The molecule has 0 fully saturated rings. The van der Waals surface area contributed by atoms with Crippen molar-refractivity contribution in [2.75, 3.05) is 6.61 Å². The molecule has 7 nitrogen and oxygen atoms in total. The van der Waals surface area contributed by atoms with Gasteiger partial charge in [-0.3, -0.25) is 14.9 Å². The summed E-state index contributed by atoms with van der Waals surface area (Å²) >= 11 is 0. The summed E-state index contributed by atoms with van der Waals surface area (Å²) in [6.07, 6.45) is 2.60. The predicted molar refractivity (Wildman–Crippen MR) is 60.2 cm³/mol. The fourth-order valence-corrected chi connectivity index (χ4v) is 1.23. The number of esters is 1. The topological polar surface area (TPSA) is 98.8 Å². The summed E-state index contributed by atoms with van der Waals surface area (Å²) in [5.74, 6) is -2.29. The Morgan fingerprint density at radius 3 is 2.26 bits per heavy atom. The lowest BCUT2D eigenvalue weighted by Gasteiger charge is -2.03. The third-order valence-corrected chi connectivity index (χ3v) is 2.05. The summed E-state index contributed by atoms with van der Waals surface area (Å²) in [5, 5.41) is 2.00. The van der Waals surface area contributed by atoms with Crippen LogP contribution in [0.25, 0.3) is 0 Å². The summed E-state index contributed by atoms with van der Waals surface area (Å²) in [6, 6.07) is 5.82. The number of rotatable bonds is 4. The van der Waals surface area contributed by atoms with Crippen LogP contribution in [0.1, 0.15) is 21.1 Å². The van der Waals surface area contributed by atoms with Crippen LogP contribution in [0.15, 0.2) is 45.6 Å². The van der Waals surface area contributed by atoms with Crippen LogP contribution in [0.2, 0.25) is 0 Å². The predicted octanol–water partition coefficient (Wildman–Crippen LogP) is 0.986. The zero-order valence-electron chi connectivity index (χ0n) is 9.62. The highest BCUT2D eigenvalue weighted by atomic mass is 16.5. The first-order valence-electron chi connectivity index (χ1n) is 5.25. The van der Waals surface area contributed by atoms with Crippen molar-refractivity contribution in [3.8, 4) is 0 Å². The Hall–Kier alpha value is -2.83. The summed E-state index contributed by atoms with van der Waals surface area (Å²) in [7, 11) is 0. The molecule has 2 aromatic rings. The third-order valence-electron chi connectivity index (χ3n) is 2.05. The van der Waals surface area contributed by atoms with E-state index >= 15 is 0 Å². The van der Waals surface area contributed by atoms with Gasteiger partial charge >= 0.3 is 5.97 Å². The van der Waals surface area contributed by atoms with Crippen LogP contribution in [-0.2, 0) is 9.53 Å². The number of hydrogen-bond acceptors (Lipinski definition) is 6. The molecule has 2 amide bonds. The van der Waals surface area contributed by atoms with Gasteiger partial charge in [0.1, 0.15) is 0 Å². The summed E-state index contributed by atoms with van der Waals surface area (Å²) < 4.78 is 14.2. The van der Waals surface area contributed by atoms with E-state index in [0.29, 0.717) is 0 Å². The van der Waals surface area contributed by atoms with Crippen molar-refractivity contribution in [2.45, 2.75) is 0 Å². The molecule has 2 rings (SSSR count). The van der Waals surface area contributed by atoms with E-state index in [1.807, 2.05) is 5.32 Å². The quantitative estimate of drug-likeness (QED) is 0.826. The SMILES string of the molecule is O=C(COC(=O)c1ccco1)NC(=O)c1ccco1. The average Bonchev–Trinajstić information content (AvgIpc) is 3.07. The first-order valence-corrected chi connectivity index (χ1v) is 5.25. The Bertz CT molecular complexity index is 569. The van der Waals surface area contributed by atoms with E-state index in [-0.39, 0.29) is 11.5 Å². The number of carbonyl (C=O) groups is 3. The molecule has 1 N–H and O–H groups in total. The lowest BCUT2D eigenvalue weighted by Crippen LogP contribution is -2.33. The van der Waals surface area contributed by atoms with Gasteiger partial charge in [-0.1, -0.05) is 0 Å². The normalized spacial score (nSPS) is 9.89. The lowest BCUT2D eigenvalue weighted by atomic mass is 10.4. The monoisotopic (exact) mass is 263 g/mol. The Morgan fingerprint density at radius 1 is 1.05 bits per heavy atom. The Balaban J connectivity index is 1.79. The number of amides is 2. The van der Waals surface area contributed by atoms with Crippen LogP contribution in [-0.4, -0.2) is 24.4 Å². The van der Waals surface area contributed by atoms with Crippen molar-refractivity contribution in [3.63, 3.8) is 0 Å². The summed E-state index contributed by atoms with van der Waals surface area (Å²) in [5.41, 5.74) is 0. The van der Waals surface area contributed by atoms with Gasteiger partial charge in [0.25, 0.3) is 11.8 Å². The molecule has 7 heteroatoms. The minimum absolute atomic E-state index is 0.00860. The van der Waals surface area contributed by atoms with Crippen molar-refractivity contribution in [1.29, 1.82) is 0 Å². The molecule has 0 saturated carbocycles. The molecule has 2 heterocycles. The number of furan rings is 2. The van der Waals surface area contributed by atoms with Crippen LogP contribution in [0.5, 0.6) is 0 Å². The zero-order chi connectivity index (χ0) is 13.7. The molecule has 0 spiro atoms. The van der Waals surface area contributed by atoms with Gasteiger partial charge in [0.05, 0.1) is 12.5 Å². The van der Waals surface area contributed by atoms with Crippen LogP contribution in [0.4, 0.5) is 0 Å². The molecule has 98 valence electrons. The Morgan fingerprint density at radius 2 is 1.68 bits per heavy atom. The highest BCUT2D eigenvalue weighted by Crippen LogP contribution is 2.02. The van der Waals surface area contributed by atoms with Crippen molar-refractivity contribution < 1.29 is 28.0 Å². The van der Waals surface area contributed by atoms with E-state index in [2.05, 4.69) is 4.74 Å². The second kappa shape index (κ2) is 5.67. The van der Waals surface area contributed by atoms with E-state index in [9.17, 15) is 14.4 Å². The zero-order valence-corrected chi connectivity index (χ0v) is 9.62. The molecule has 0 atom stereocenters. The van der Waals surface area contributed by atoms with Crippen LogP contribution >= 0.6 is 0 Å². The molecule has 0 aliphatic heterocycles. The van der Waals surface area contributed by atoms with Crippen LogP contribution in [0, 0.1) is 0 Å². The first-order chi connectivity index (χ1) is 9.16. The molecular formula is C12H9NO6. The maximum absolute atomic E-state index is 11.4. The molecule has 0 bridgehead atoms. The highest BCUT2D eigenvalue weighted by Gasteiger charge is 2.16. The third kappa shape index (κ3) is 3.32. The number of ether oxygens (including phenoxy) is 1. The second-order valence-corrected chi connectivity index (χ2v) is 3.41. The van der Waals surface area contributed by atoms with E-state index in [4.69, 9.17) is 8.83 Å². The van der Waals surface area contributed by atoms with Gasteiger partial charge < -0.3 is 13.6 Å². The van der Waals surface area contributed by atoms with Crippen molar-refractivity contribution in [2.24, 2.45) is 0 Å². The van der Waals surface area contributed by atoms with Gasteiger partial charge in [0, 0.05) is 0 Å². The maximum Gasteiger partial charge on any atom is 0.374 e. The molecule has 0 aromatic carbocycles. The van der Waals surface area contributed by atoms with Gasteiger partial charge in [-0.25, -0.2) is 4.79 Å². The summed E-state index contributed by atoms with van der Waals surface area (Å²) in [4.78, 5) is 34.1. The Kier molecular flexibility index (Phi) is 3.77. The van der Waals surface area contributed by atoms with Gasteiger partial charge in [-0.2, -0.15) is 0 Å². The first kappa shape index (κ1) is 12.6. The van der Waals surface area contributed by atoms with Gasteiger partial charge in [-0.15, -0.1) is 0 Å². The molecule has 0 saturated heterocycles. The number of nitrogens with one attached hydrogen (secondary N) is 1. The van der Waals surface area contributed by atoms with Crippen LogP contribution < -0.4 is 5.32 Å². The van der Waals surface area contributed by atoms with Gasteiger partial charge in [0.2, 0.25) is 5.76 Å². The lowest BCUT2D eigenvalue weighted by molar-refractivity contribution is -0.123.